The van der Waals surface area contributed by atoms with E-state index in [-0.39, 0.29) is 21.6 Å². The van der Waals surface area contributed by atoms with E-state index in [0.717, 1.165) is 22.5 Å². The Morgan fingerprint density at radius 2 is 2.10 bits per heavy atom. The van der Waals surface area contributed by atoms with Gasteiger partial charge in [0.05, 0.1) is 15.7 Å². The highest BCUT2D eigenvalue weighted by molar-refractivity contribution is 9.10. The number of carboxylic acids is 1. The average molecular weight is 381 g/mol. The molecule has 0 amide bonds. The molecular formula is C11H13BrN2O6S. The van der Waals surface area contributed by atoms with Crippen molar-refractivity contribution in [3.63, 3.8) is 0 Å². The highest BCUT2D eigenvalue weighted by atomic mass is 79.9. The van der Waals surface area contributed by atoms with Crippen LogP contribution in [0, 0.1) is 16.0 Å². The molecule has 1 rings (SSSR count). The van der Waals surface area contributed by atoms with Crippen LogP contribution in [0.15, 0.2) is 27.6 Å². The minimum atomic E-state index is -3.94. The Labute approximate surface area is 129 Å². The van der Waals surface area contributed by atoms with Gasteiger partial charge in [-0.05, 0) is 22.0 Å². The second kappa shape index (κ2) is 6.50. The fourth-order valence-corrected chi connectivity index (χ4v) is 3.82. The topological polar surface area (TPSA) is 118 Å². The first kappa shape index (κ1) is 17.5. The molecule has 1 aromatic rings. The van der Waals surface area contributed by atoms with Crippen molar-refractivity contribution in [1.29, 1.82) is 0 Å². The predicted molar refractivity (Wildman–Crippen MR) is 77.4 cm³/mol. The van der Waals surface area contributed by atoms with Crippen molar-refractivity contribution >= 4 is 37.6 Å². The summed E-state index contributed by atoms with van der Waals surface area (Å²) in [5.41, 5.74) is -0.248. The number of nitro groups is 1. The standard InChI is InChI=1S/C11H13BrN2O6S/c1-7(11(15)16)6-13(2)21(19,20)10-4-3-8(14(17)18)5-9(10)12/h3-5,7H,6H2,1-2H3,(H,15,16). The molecule has 21 heavy (non-hydrogen) atoms. The SMILES string of the molecule is CC(CN(C)S(=O)(=O)c1ccc([N+](=O)[O-])cc1Br)C(=O)O. The van der Waals surface area contributed by atoms with E-state index in [1.165, 1.54) is 14.0 Å². The number of carboxylic acid groups (broad SMARTS) is 1. The van der Waals surface area contributed by atoms with Crippen molar-refractivity contribution in [3.8, 4) is 0 Å². The van der Waals surface area contributed by atoms with Gasteiger partial charge in [-0.3, -0.25) is 14.9 Å². The Kier molecular flexibility index (Phi) is 5.42. The van der Waals surface area contributed by atoms with Crippen LogP contribution in [-0.4, -0.2) is 42.3 Å². The second-order valence-electron chi connectivity index (χ2n) is 4.40. The molecule has 0 fully saturated rings. The van der Waals surface area contributed by atoms with Crippen LogP contribution in [0.1, 0.15) is 6.92 Å². The number of hydrogen-bond donors (Lipinski definition) is 1. The quantitative estimate of drug-likeness (QED) is 0.592. The Balaban J connectivity index is 3.13. The smallest absolute Gasteiger partial charge is 0.307 e. The van der Waals surface area contributed by atoms with Crippen LogP contribution in [0.5, 0.6) is 0 Å². The summed E-state index contributed by atoms with van der Waals surface area (Å²) in [5, 5.41) is 19.4. The van der Waals surface area contributed by atoms with Crippen molar-refractivity contribution < 1.29 is 23.2 Å². The fraction of sp³-hybridized carbons (Fsp3) is 0.364. The van der Waals surface area contributed by atoms with Crippen LogP contribution in [0.4, 0.5) is 5.69 Å². The van der Waals surface area contributed by atoms with E-state index in [4.69, 9.17) is 5.11 Å². The maximum Gasteiger partial charge on any atom is 0.307 e. The third-order valence-corrected chi connectivity index (χ3v) is 5.57. The zero-order valence-corrected chi connectivity index (χ0v) is 13.6. The van der Waals surface area contributed by atoms with E-state index in [0.29, 0.717) is 0 Å². The first-order valence-corrected chi connectivity index (χ1v) is 7.93. The lowest BCUT2D eigenvalue weighted by Gasteiger charge is -2.19. The van der Waals surface area contributed by atoms with Gasteiger partial charge in [0.25, 0.3) is 5.69 Å². The van der Waals surface area contributed by atoms with Crippen LogP contribution in [0.2, 0.25) is 0 Å². The Bertz CT molecular complexity index is 675. The minimum Gasteiger partial charge on any atom is -0.481 e. The van der Waals surface area contributed by atoms with Crippen molar-refractivity contribution in [1.82, 2.24) is 4.31 Å². The number of benzene rings is 1. The molecule has 0 saturated carbocycles. The maximum atomic E-state index is 12.3. The molecule has 0 bridgehead atoms. The van der Waals surface area contributed by atoms with Crippen LogP contribution in [0.3, 0.4) is 0 Å². The monoisotopic (exact) mass is 380 g/mol. The Morgan fingerprint density at radius 3 is 2.52 bits per heavy atom. The third kappa shape index (κ3) is 3.99. The van der Waals surface area contributed by atoms with Gasteiger partial charge < -0.3 is 5.11 Å². The lowest BCUT2D eigenvalue weighted by molar-refractivity contribution is -0.385. The molecule has 0 aliphatic rings. The molecule has 8 nitrogen and oxygen atoms in total. The molecular weight excluding hydrogens is 368 g/mol. The van der Waals surface area contributed by atoms with Crippen molar-refractivity contribution in [3.05, 3.63) is 32.8 Å². The summed E-state index contributed by atoms with van der Waals surface area (Å²) in [6.07, 6.45) is 0. The third-order valence-electron chi connectivity index (χ3n) is 2.77. The summed E-state index contributed by atoms with van der Waals surface area (Å²) in [4.78, 5) is 20.6. The van der Waals surface area contributed by atoms with Gasteiger partial charge in [-0.2, -0.15) is 0 Å². The summed E-state index contributed by atoms with van der Waals surface area (Å²) in [6, 6.07) is 3.27. The molecule has 1 N–H and O–H groups in total. The molecule has 116 valence electrons. The van der Waals surface area contributed by atoms with E-state index in [9.17, 15) is 23.3 Å². The second-order valence-corrected chi connectivity index (χ2v) is 7.26. The number of carbonyl (C=O) groups is 1. The lowest BCUT2D eigenvalue weighted by atomic mass is 10.2. The zero-order chi connectivity index (χ0) is 16.4. The van der Waals surface area contributed by atoms with Gasteiger partial charge in [0, 0.05) is 30.2 Å². The van der Waals surface area contributed by atoms with E-state index < -0.39 is 26.8 Å². The van der Waals surface area contributed by atoms with E-state index >= 15 is 0 Å². The van der Waals surface area contributed by atoms with Crippen LogP contribution >= 0.6 is 15.9 Å². The summed E-state index contributed by atoms with van der Waals surface area (Å²) in [5.74, 6) is -1.98. The highest BCUT2D eigenvalue weighted by Crippen LogP contribution is 2.28. The number of sulfonamides is 1. The summed E-state index contributed by atoms with van der Waals surface area (Å²) in [7, 11) is -2.69. The number of hydrogen-bond acceptors (Lipinski definition) is 5. The highest BCUT2D eigenvalue weighted by Gasteiger charge is 2.27. The predicted octanol–water partition coefficient (Wildman–Crippen LogP) is 1.70. The van der Waals surface area contributed by atoms with Gasteiger partial charge in [0.1, 0.15) is 0 Å². The number of nitrogens with zero attached hydrogens (tertiary/aromatic N) is 2. The van der Waals surface area contributed by atoms with Gasteiger partial charge in [-0.1, -0.05) is 6.92 Å². The molecule has 1 unspecified atom stereocenters. The van der Waals surface area contributed by atoms with Gasteiger partial charge in [0.15, 0.2) is 0 Å². The normalized spacial score (nSPS) is 13.1. The lowest BCUT2D eigenvalue weighted by Crippen LogP contribution is -2.33. The zero-order valence-electron chi connectivity index (χ0n) is 11.2. The van der Waals surface area contributed by atoms with Gasteiger partial charge >= 0.3 is 5.97 Å². The van der Waals surface area contributed by atoms with Crippen molar-refractivity contribution in [2.24, 2.45) is 5.92 Å². The molecule has 1 aromatic carbocycles. The number of rotatable bonds is 6. The first-order valence-electron chi connectivity index (χ1n) is 5.70. The molecule has 1 atom stereocenters. The molecule has 0 aliphatic heterocycles. The molecule has 10 heteroatoms. The van der Waals surface area contributed by atoms with E-state index in [1.807, 2.05) is 0 Å². The molecule has 0 aromatic heterocycles. The van der Waals surface area contributed by atoms with Gasteiger partial charge in [-0.25, -0.2) is 12.7 Å². The number of non-ortho nitro benzene ring substituents is 1. The van der Waals surface area contributed by atoms with Crippen LogP contribution < -0.4 is 0 Å². The number of aliphatic carboxylic acids is 1. The van der Waals surface area contributed by atoms with Gasteiger partial charge in [-0.15, -0.1) is 0 Å². The number of halogens is 1. The Morgan fingerprint density at radius 1 is 1.52 bits per heavy atom. The fourth-order valence-electron chi connectivity index (χ4n) is 1.54. The molecule has 0 radical (unpaired) electrons. The van der Waals surface area contributed by atoms with E-state index in [1.54, 1.807) is 0 Å². The number of nitro benzene ring substituents is 1. The van der Waals surface area contributed by atoms with Crippen LogP contribution in [-0.2, 0) is 14.8 Å². The van der Waals surface area contributed by atoms with E-state index in [2.05, 4.69) is 15.9 Å². The minimum absolute atomic E-state index is 0.0477. The van der Waals surface area contributed by atoms with Crippen LogP contribution in [0.25, 0.3) is 0 Å². The largest absolute Gasteiger partial charge is 0.481 e. The molecule has 0 saturated heterocycles. The van der Waals surface area contributed by atoms with Crippen molar-refractivity contribution in [2.45, 2.75) is 11.8 Å². The van der Waals surface area contributed by atoms with Gasteiger partial charge in [0.2, 0.25) is 10.0 Å². The Hall–Kier alpha value is -1.52. The summed E-state index contributed by atoms with van der Waals surface area (Å²) >= 11 is 2.99. The summed E-state index contributed by atoms with van der Waals surface area (Å²) in [6.45, 7) is 1.18. The van der Waals surface area contributed by atoms with Crippen molar-refractivity contribution in [2.75, 3.05) is 13.6 Å². The molecule has 0 heterocycles. The maximum absolute atomic E-state index is 12.3. The average Bonchev–Trinajstić information content (AvgIpc) is 2.37. The molecule has 0 aliphatic carbocycles. The molecule has 0 spiro atoms. The summed E-state index contributed by atoms with van der Waals surface area (Å²) < 4.78 is 25.6. The first-order chi connectivity index (χ1) is 9.57.